The molecule has 0 bridgehead atoms. The van der Waals surface area contributed by atoms with Gasteiger partial charge in [-0.15, -0.1) is 0 Å². The van der Waals surface area contributed by atoms with Gasteiger partial charge in [0.15, 0.2) is 0 Å². The Morgan fingerprint density at radius 3 is 2.47 bits per heavy atom. The highest BCUT2D eigenvalue weighted by Gasteiger charge is 2.13. The summed E-state index contributed by atoms with van der Waals surface area (Å²) in [5.74, 6) is -0.144. The lowest BCUT2D eigenvalue weighted by molar-refractivity contribution is 0.594. The minimum atomic E-state index is -0.144. The van der Waals surface area contributed by atoms with Crippen LogP contribution in [0.2, 0.25) is 0 Å². The first-order chi connectivity index (χ1) is 9.11. The van der Waals surface area contributed by atoms with E-state index in [2.05, 4.69) is 17.4 Å². The fourth-order valence-electron chi connectivity index (χ4n) is 1.87. The Bertz CT molecular complexity index is 554. The highest BCUT2D eigenvalue weighted by atomic mass is 32.2. The third kappa shape index (κ3) is 3.37. The number of hydrogen-bond donors (Lipinski definition) is 1. The lowest BCUT2D eigenvalue weighted by Gasteiger charge is -2.17. The Hall–Kier alpha value is -1.32. The normalized spacial score (nSPS) is 12.4. The average molecular weight is 275 g/mol. The molecule has 3 heteroatoms. The predicted octanol–water partition coefficient (Wildman–Crippen LogP) is 4.57. The van der Waals surface area contributed by atoms with E-state index in [-0.39, 0.29) is 11.9 Å². The van der Waals surface area contributed by atoms with Crippen molar-refractivity contribution in [3.05, 3.63) is 59.4 Å². The maximum absolute atomic E-state index is 13.8. The van der Waals surface area contributed by atoms with Gasteiger partial charge in [0.2, 0.25) is 0 Å². The van der Waals surface area contributed by atoms with Crippen molar-refractivity contribution in [2.24, 2.45) is 0 Å². The number of nitrogens with one attached hydrogen (secondary N) is 1. The van der Waals surface area contributed by atoms with Gasteiger partial charge in [-0.1, -0.05) is 30.0 Å². The van der Waals surface area contributed by atoms with Crippen LogP contribution >= 0.6 is 11.8 Å². The Balaban J connectivity index is 2.40. The van der Waals surface area contributed by atoms with Crippen molar-refractivity contribution in [3.63, 3.8) is 0 Å². The van der Waals surface area contributed by atoms with Crippen LogP contribution in [0.3, 0.4) is 0 Å². The van der Waals surface area contributed by atoms with Crippen molar-refractivity contribution in [2.45, 2.75) is 29.7 Å². The van der Waals surface area contributed by atoms with Crippen molar-refractivity contribution in [1.82, 2.24) is 5.32 Å². The molecular formula is C16H18FNS. The van der Waals surface area contributed by atoms with Crippen molar-refractivity contribution in [2.75, 3.05) is 7.05 Å². The third-order valence-corrected chi connectivity index (χ3v) is 4.24. The highest BCUT2D eigenvalue weighted by Crippen LogP contribution is 2.34. The highest BCUT2D eigenvalue weighted by molar-refractivity contribution is 7.99. The first-order valence-corrected chi connectivity index (χ1v) is 7.13. The Morgan fingerprint density at radius 1 is 1.16 bits per heavy atom. The molecule has 2 rings (SSSR count). The summed E-state index contributed by atoms with van der Waals surface area (Å²) in [5, 5.41) is 3.17. The molecule has 0 amide bonds. The molecule has 1 nitrogen and oxygen atoms in total. The van der Waals surface area contributed by atoms with Gasteiger partial charge < -0.3 is 5.32 Å². The molecule has 0 radical (unpaired) electrons. The molecule has 0 saturated heterocycles. The minimum Gasteiger partial charge on any atom is -0.313 e. The molecule has 0 aliphatic heterocycles. The molecule has 0 heterocycles. The molecule has 0 fully saturated rings. The molecule has 0 spiro atoms. The third-order valence-electron chi connectivity index (χ3n) is 3.16. The first kappa shape index (κ1) is 14.1. The van der Waals surface area contributed by atoms with E-state index in [1.807, 2.05) is 38.2 Å². The van der Waals surface area contributed by atoms with Gasteiger partial charge in [0, 0.05) is 15.8 Å². The van der Waals surface area contributed by atoms with Crippen molar-refractivity contribution < 1.29 is 4.39 Å². The Labute approximate surface area is 118 Å². The van der Waals surface area contributed by atoms with Crippen LogP contribution in [0.5, 0.6) is 0 Å². The van der Waals surface area contributed by atoms with Crippen LogP contribution in [0.25, 0.3) is 0 Å². The van der Waals surface area contributed by atoms with Gasteiger partial charge in [-0.25, -0.2) is 4.39 Å². The maximum atomic E-state index is 13.8. The monoisotopic (exact) mass is 275 g/mol. The molecule has 1 N–H and O–H groups in total. The summed E-state index contributed by atoms with van der Waals surface area (Å²) < 4.78 is 13.8. The van der Waals surface area contributed by atoms with Gasteiger partial charge in [-0.2, -0.15) is 0 Å². The zero-order valence-corrected chi connectivity index (χ0v) is 12.2. The van der Waals surface area contributed by atoms with Crippen LogP contribution in [0.1, 0.15) is 24.1 Å². The molecule has 0 aromatic heterocycles. The van der Waals surface area contributed by atoms with E-state index < -0.39 is 0 Å². The van der Waals surface area contributed by atoms with Crippen LogP contribution in [0.15, 0.2) is 52.3 Å². The average Bonchev–Trinajstić information content (AvgIpc) is 2.43. The second kappa shape index (κ2) is 6.22. The summed E-state index contributed by atoms with van der Waals surface area (Å²) in [4.78, 5) is 2.27. The lowest BCUT2D eigenvalue weighted by Crippen LogP contribution is -2.13. The number of halogens is 1. The largest absolute Gasteiger partial charge is 0.313 e. The molecular weight excluding hydrogens is 257 g/mol. The van der Waals surface area contributed by atoms with Gasteiger partial charge in [0.05, 0.1) is 0 Å². The zero-order chi connectivity index (χ0) is 13.8. The van der Waals surface area contributed by atoms with Crippen molar-refractivity contribution in [1.29, 1.82) is 0 Å². The predicted molar refractivity (Wildman–Crippen MR) is 79.2 cm³/mol. The molecule has 0 aliphatic rings. The maximum Gasteiger partial charge on any atom is 0.126 e. The SMILES string of the molecule is CNC(C)c1cc(F)c(C)cc1Sc1ccccc1. The number of hydrogen-bond acceptors (Lipinski definition) is 2. The van der Waals surface area contributed by atoms with E-state index in [9.17, 15) is 4.39 Å². The van der Waals surface area contributed by atoms with Crippen LogP contribution in [-0.2, 0) is 0 Å². The van der Waals surface area contributed by atoms with Crippen LogP contribution in [-0.4, -0.2) is 7.05 Å². The summed E-state index contributed by atoms with van der Waals surface area (Å²) in [6.07, 6.45) is 0. The summed E-state index contributed by atoms with van der Waals surface area (Å²) >= 11 is 1.67. The smallest absolute Gasteiger partial charge is 0.126 e. The van der Waals surface area contributed by atoms with Gasteiger partial charge in [-0.3, -0.25) is 0 Å². The van der Waals surface area contributed by atoms with Crippen LogP contribution in [0.4, 0.5) is 4.39 Å². The van der Waals surface area contributed by atoms with E-state index in [1.165, 1.54) is 0 Å². The summed E-state index contributed by atoms with van der Waals surface area (Å²) in [6, 6.07) is 13.9. The Kier molecular flexibility index (Phi) is 4.61. The molecule has 19 heavy (non-hydrogen) atoms. The minimum absolute atomic E-state index is 0.126. The second-order valence-corrected chi connectivity index (χ2v) is 5.68. The summed E-state index contributed by atoms with van der Waals surface area (Å²) in [7, 11) is 1.89. The standard InChI is InChI=1S/C16H18FNS/c1-11-9-16(19-13-7-5-4-6-8-13)14(10-15(11)17)12(2)18-3/h4-10,12,18H,1-3H3. The topological polar surface area (TPSA) is 12.0 Å². The summed E-state index contributed by atoms with van der Waals surface area (Å²) in [5.41, 5.74) is 1.69. The van der Waals surface area contributed by atoms with Crippen LogP contribution in [0, 0.1) is 12.7 Å². The zero-order valence-electron chi connectivity index (χ0n) is 11.4. The quantitative estimate of drug-likeness (QED) is 0.877. The van der Waals surface area contributed by atoms with Gasteiger partial charge in [-0.05, 0) is 56.3 Å². The lowest BCUT2D eigenvalue weighted by atomic mass is 10.1. The van der Waals surface area contributed by atoms with Gasteiger partial charge in [0.1, 0.15) is 5.82 Å². The molecule has 100 valence electrons. The molecule has 0 aliphatic carbocycles. The van der Waals surface area contributed by atoms with E-state index >= 15 is 0 Å². The second-order valence-electron chi connectivity index (χ2n) is 4.56. The van der Waals surface area contributed by atoms with E-state index in [0.717, 1.165) is 15.4 Å². The number of benzene rings is 2. The van der Waals surface area contributed by atoms with Crippen LogP contribution < -0.4 is 5.32 Å². The van der Waals surface area contributed by atoms with Gasteiger partial charge >= 0.3 is 0 Å². The van der Waals surface area contributed by atoms with Crippen molar-refractivity contribution >= 4 is 11.8 Å². The van der Waals surface area contributed by atoms with E-state index in [4.69, 9.17) is 0 Å². The molecule has 1 unspecified atom stereocenters. The van der Waals surface area contributed by atoms with E-state index in [1.54, 1.807) is 24.8 Å². The van der Waals surface area contributed by atoms with E-state index in [0.29, 0.717) is 5.56 Å². The fourth-order valence-corrected chi connectivity index (χ4v) is 3.00. The molecule has 2 aromatic rings. The fraction of sp³-hybridized carbons (Fsp3) is 0.250. The molecule has 1 atom stereocenters. The number of aryl methyl sites for hydroxylation is 1. The first-order valence-electron chi connectivity index (χ1n) is 6.32. The number of rotatable bonds is 4. The van der Waals surface area contributed by atoms with Crippen molar-refractivity contribution in [3.8, 4) is 0 Å². The Morgan fingerprint density at radius 2 is 1.84 bits per heavy atom. The summed E-state index contributed by atoms with van der Waals surface area (Å²) in [6.45, 7) is 3.84. The molecule has 0 saturated carbocycles. The molecule has 2 aromatic carbocycles. The van der Waals surface area contributed by atoms with Gasteiger partial charge in [0.25, 0.3) is 0 Å².